The zero-order chi connectivity index (χ0) is 18.4. The summed E-state index contributed by atoms with van der Waals surface area (Å²) in [5, 5.41) is 3.14. The molecule has 0 aromatic heterocycles. The topological polar surface area (TPSA) is 64.6 Å². The monoisotopic (exact) mass is 361 g/mol. The molecule has 0 bridgehead atoms. The molecule has 1 amide bonds. The van der Waals surface area contributed by atoms with Gasteiger partial charge in [0.1, 0.15) is 11.5 Å². The van der Waals surface area contributed by atoms with Crippen molar-refractivity contribution >= 4 is 29.0 Å². The summed E-state index contributed by atoms with van der Waals surface area (Å²) in [4.78, 5) is 23.8. The molecule has 0 saturated carbocycles. The lowest BCUT2D eigenvalue weighted by Gasteiger charge is -2.15. The van der Waals surface area contributed by atoms with Gasteiger partial charge in [0.05, 0.1) is 12.1 Å². The minimum atomic E-state index is -0.714. The van der Waals surface area contributed by atoms with Crippen molar-refractivity contribution in [2.75, 3.05) is 12.4 Å². The number of ketones is 1. The first-order valence-electron chi connectivity index (χ1n) is 7.89. The SMILES string of the molecule is CCC(=O)c1ccc(OC(C)C(=O)Nc2ccc(OC)c(Cl)c2)cc1. The van der Waals surface area contributed by atoms with Gasteiger partial charge in [0.2, 0.25) is 0 Å². The van der Waals surface area contributed by atoms with Crippen LogP contribution >= 0.6 is 11.6 Å². The molecule has 2 rings (SSSR count). The largest absolute Gasteiger partial charge is 0.495 e. The Morgan fingerprint density at radius 1 is 1.16 bits per heavy atom. The summed E-state index contributed by atoms with van der Waals surface area (Å²) in [6.07, 6.45) is -0.266. The van der Waals surface area contributed by atoms with Crippen molar-refractivity contribution in [1.29, 1.82) is 0 Å². The first kappa shape index (κ1) is 18.8. The smallest absolute Gasteiger partial charge is 0.265 e. The number of halogens is 1. The van der Waals surface area contributed by atoms with E-state index in [2.05, 4.69) is 5.32 Å². The molecule has 1 N–H and O–H groups in total. The van der Waals surface area contributed by atoms with E-state index in [1.54, 1.807) is 49.4 Å². The minimum Gasteiger partial charge on any atom is -0.495 e. The molecule has 0 heterocycles. The molecule has 1 unspecified atom stereocenters. The van der Waals surface area contributed by atoms with Crippen LogP contribution in [0.25, 0.3) is 0 Å². The third kappa shape index (κ3) is 4.97. The number of ether oxygens (including phenoxy) is 2. The number of hydrogen-bond donors (Lipinski definition) is 1. The lowest BCUT2D eigenvalue weighted by Crippen LogP contribution is -2.30. The van der Waals surface area contributed by atoms with Crippen LogP contribution in [0.3, 0.4) is 0 Å². The van der Waals surface area contributed by atoms with Gasteiger partial charge in [0.15, 0.2) is 11.9 Å². The van der Waals surface area contributed by atoms with Crippen molar-refractivity contribution in [3.8, 4) is 11.5 Å². The van der Waals surface area contributed by atoms with Crippen molar-refractivity contribution in [1.82, 2.24) is 0 Å². The highest BCUT2D eigenvalue weighted by molar-refractivity contribution is 6.32. The van der Waals surface area contributed by atoms with Crippen LogP contribution in [0.5, 0.6) is 11.5 Å². The normalized spacial score (nSPS) is 11.5. The minimum absolute atomic E-state index is 0.0636. The van der Waals surface area contributed by atoms with Crippen molar-refractivity contribution in [3.63, 3.8) is 0 Å². The van der Waals surface area contributed by atoms with Gasteiger partial charge < -0.3 is 14.8 Å². The lowest BCUT2D eigenvalue weighted by atomic mass is 10.1. The van der Waals surface area contributed by atoms with E-state index in [9.17, 15) is 9.59 Å². The van der Waals surface area contributed by atoms with Crippen molar-refractivity contribution in [2.45, 2.75) is 26.4 Å². The van der Waals surface area contributed by atoms with Gasteiger partial charge in [-0.15, -0.1) is 0 Å². The highest BCUT2D eigenvalue weighted by Gasteiger charge is 2.16. The second-order valence-corrected chi connectivity index (χ2v) is 5.81. The van der Waals surface area contributed by atoms with Crippen LogP contribution in [-0.2, 0) is 4.79 Å². The zero-order valence-corrected chi connectivity index (χ0v) is 15.1. The second-order valence-electron chi connectivity index (χ2n) is 5.40. The van der Waals surface area contributed by atoms with E-state index >= 15 is 0 Å². The number of rotatable bonds is 7. The number of hydrogen-bond acceptors (Lipinski definition) is 4. The van der Waals surface area contributed by atoms with E-state index in [1.165, 1.54) is 7.11 Å². The number of nitrogens with one attached hydrogen (secondary N) is 1. The van der Waals surface area contributed by atoms with E-state index in [0.29, 0.717) is 34.2 Å². The van der Waals surface area contributed by atoms with E-state index in [1.807, 2.05) is 6.92 Å². The fraction of sp³-hybridized carbons (Fsp3) is 0.263. The molecular weight excluding hydrogens is 342 g/mol. The predicted octanol–water partition coefficient (Wildman–Crippen LogP) is 4.35. The number of carbonyl (C=O) groups excluding carboxylic acids is 2. The van der Waals surface area contributed by atoms with Crippen molar-refractivity contribution in [2.24, 2.45) is 0 Å². The third-order valence-corrected chi connectivity index (χ3v) is 3.89. The van der Waals surface area contributed by atoms with Crippen LogP contribution < -0.4 is 14.8 Å². The highest BCUT2D eigenvalue weighted by Crippen LogP contribution is 2.27. The second kappa shape index (κ2) is 8.53. The Morgan fingerprint density at radius 3 is 2.40 bits per heavy atom. The quantitative estimate of drug-likeness (QED) is 0.745. The van der Waals surface area contributed by atoms with E-state index < -0.39 is 6.10 Å². The van der Waals surface area contributed by atoms with Gasteiger partial charge in [-0.3, -0.25) is 9.59 Å². The van der Waals surface area contributed by atoms with E-state index in [4.69, 9.17) is 21.1 Å². The zero-order valence-electron chi connectivity index (χ0n) is 14.3. The number of benzene rings is 2. The van der Waals surface area contributed by atoms with Crippen LogP contribution in [0.2, 0.25) is 5.02 Å². The summed E-state index contributed by atoms with van der Waals surface area (Å²) in [5.41, 5.74) is 1.18. The van der Waals surface area contributed by atoms with Gasteiger partial charge in [-0.1, -0.05) is 18.5 Å². The lowest BCUT2D eigenvalue weighted by molar-refractivity contribution is -0.122. The third-order valence-electron chi connectivity index (χ3n) is 3.60. The molecule has 0 radical (unpaired) electrons. The number of amides is 1. The number of anilines is 1. The van der Waals surface area contributed by atoms with Gasteiger partial charge in [0, 0.05) is 17.7 Å². The maximum absolute atomic E-state index is 12.2. The van der Waals surface area contributed by atoms with Crippen molar-refractivity contribution in [3.05, 3.63) is 53.1 Å². The molecule has 2 aromatic rings. The Kier molecular flexibility index (Phi) is 6.42. The number of carbonyl (C=O) groups is 2. The molecular formula is C19H20ClNO4. The standard InChI is InChI=1S/C19H20ClNO4/c1-4-17(22)13-5-8-15(9-6-13)25-12(2)19(23)21-14-7-10-18(24-3)16(20)11-14/h5-12H,4H2,1-3H3,(H,21,23). The van der Waals surface area contributed by atoms with E-state index in [0.717, 1.165) is 0 Å². The van der Waals surface area contributed by atoms with Crippen LogP contribution in [0.4, 0.5) is 5.69 Å². The van der Waals surface area contributed by atoms with Gasteiger partial charge in [0.25, 0.3) is 5.91 Å². The summed E-state index contributed by atoms with van der Waals surface area (Å²) in [5.74, 6) is 0.803. The number of methoxy groups -OCH3 is 1. The summed E-state index contributed by atoms with van der Waals surface area (Å²) in [6.45, 7) is 3.45. The maximum Gasteiger partial charge on any atom is 0.265 e. The molecule has 132 valence electrons. The Morgan fingerprint density at radius 2 is 1.84 bits per heavy atom. The van der Waals surface area contributed by atoms with Crippen molar-refractivity contribution < 1.29 is 19.1 Å². The molecule has 5 nitrogen and oxygen atoms in total. The van der Waals surface area contributed by atoms with Crippen LogP contribution in [-0.4, -0.2) is 24.9 Å². The molecule has 6 heteroatoms. The molecule has 0 spiro atoms. The van der Waals surface area contributed by atoms with E-state index in [-0.39, 0.29) is 11.7 Å². The Balaban J connectivity index is 1.98. The molecule has 0 fully saturated rings. The summed E-state index contributed by atoms with van der Waals surface area (Å²) in [6, 6.07) is 11.7. The number of Topliss-reactive ketones (excluding diaryl/α,β-unsaturated/α-hetero) is 1. The van der Waals surface area contributed by atoms with Gasteiger partial charge in [-0.25, -0.2) is 0 Å². The summed E-state index contributed by atoms with van der Waals surface area (Å²) < 4.78 is 10.7. The first-order chi connectivity index (χ1) is 11.9. The van der Waals surface area contributed by atoms with Crippen LogP contribution in [0.15, 0.2) is 42.5 Å². The predicted molar refractivity (Wildman–Crippen MR) is 97.8 cm³/mol. The molecule has 1 atom stereocenters. The molecule has 0 aliphatic rings. The van der Waals surface area contributed by atoms with Crippen LogP contribution in [0, 0.1) is 0 Å². The van der Waals surface area contributed by atoms with Gasteiger partial charge in [-0.2, -0.15) is 0 Å². The maximum atomic E-state index is 12.2. The first-order valence-corrected chi connectivity index (χ1v) is 8.26. The molecule has 0 aliphatic heterocycles. The molecule has 0 saturated heterocycles. The summed E-state index contributed by atoms with van der Waals surface area (Å²) in [7, 11) is 1.52. The summed E-state index contributed by atoms with van der Waals surface area (Å²) >= 11 is 6.04. The molecule has 2 aromatic carbocycles. The Labute approximate surface area is 151 Å². The Bertz CT molecular complexity index is 759. The average Bonchev–Trinajstić information content (AvgIpc) is 2.61. The fourth-order valence-corrected chi connectivity index (χ4v) is 2.43. The molecule has 0 aliphatic carbocycles. The molecule has 25 heavy (non-hydrogen) atoms. The highest BCUT2D eigenvalue weighted by atomic mass is 35.5. The Hall–Kier alpha value is -2.53. The van der Waals surface area contributed by atoms with Gasteiger partial charge >= 0.3 is 0 Å². The van der Waals surface area contributed by atoms with Gasteiger partial charge in [-0.05, 0) is 49.4 Å². The average molecular weight is 362 g/mol. The van der Waals surface area contributed by atoms with Crippen LogP contribution in [0.1, 0.15) is 30.6 Å². The fourth-order valence-electron chi connectivity index (χ4n) is 2.17.